The zero-order valence-electron chi connectivity index (χ0n) is 24.4. The zero-order chi connectivity index (χ0) is 29.1. The third-order valence-electron chi connectivity index (χ3n) is 9.01. The van der Waals surface area contributed by atoms with Crippen molar-refractivity contribution in [1.82, 2.24) is 19.6 Å². The molecule has 3 aromatic rings. The highest BCUT2D eigenvalue weighted by Crippen LogP contribution is 2.37. The van der Waals surface area contributed by atoms with E-state index in [4.69, 9.17) is 5.10 Å². The fraction of sp³-hybridized carbons (Fsp3) is 0.515. The standard InChI is InChI=1S/C33H43FN4O3/c1-4-38-31(18-28(35-38)16-23-8-10-29(39)11-9-23)24-12-14-36(15-13-24)19-26-20-37(32(22(2)3)33(40)41)21-30(26)25-6-5-7-27(34)17-25/h5-11,17-18,22,24,26,30,32,39H,4,12-16,19-21H2,1-3H3,(H,40,41)/t26-,30+,32+/m0/s1. The highest BCUT2D eigenvalue weighted by molar-refractivity contribution is 5.73. The number of aliphatic carboxylic acids is 1. The molecule has 0 spiro atoms. The minimum atomic E-state index is -0.781. The van der Waals surface area contributed by atoms with Gasteiger partial charge in [-0.2, -0.15) is 5.10 Å². The molecule has 3 heterocycles. The summed E-state index contributed by atoms with van der Waals surface area (Å²) in [4.78, 5) is 16.8. The SMILES string of the molecule is CCn1nc(Cc2ccc(O)cc2)cc1C1CCN(C[C@H]2CN([C@@H](C(=O)O)C(C)C)C[C@@H]2c2cccc(F)c2)CC1. The summed E-state index contributed by atoms with van der Waals surface area (Å²) in [6, 6.07) is 15.9. The quantitative estimate of drug-likeness (QED) is 0.347. The molecule has 5 rings (SSSR count). The van der Waals surface area contributed by atoms with Gasteiger partial charge in [0.05, 0.1) is 5.69 Å². The van der Waals surface area contributed by atoms with Crippen LogP contribution in [0.15, 0.2) is 54.6 Å². The lowest BCUT2D eigenvalue weighted by molar-refractivity contribution is -0.144. The monoisotopic (exact) mass is 562 g/mol. The Labute approximate surface area is 242 Å². The van der Waals surface area contributed by atoms with E-state index in [0.29, 0.717) is 19.0 Å². The van der Waals surface area contributed by atoms with Crippen LogP contribution in [-0.2, 0) is 17.8 Å². The number of carbonyl (C=O) groups is 1. The molecule has 2 saturated heterocycles. The van der Waals surface area contributed by atoms with E-state index in [1.807, 2.05) is 32.0 Å². The van der Waals surface area contributed by atoms with Crippen molar-refractivity contribution in [1.29, 1.82) is 0 Å². The number of phenolic OH excluding ortho intramolecular Hbond substituents is 1. The summed E-state index contributed by atoms with van der Waals surface area (Å²) >= 11 is 0. The Morgan fingerprint density at radius 2 is 1.80 bits per heavy atom. The number of rotatable bonds is 10. The largest absolute Gasteiger partial charge is 0.508 e. The second-order valence-electron chi connectivity index (χ2n) is 12.2. The van der Waals surface area contributed by atoms with Gasteiger partial charge in [0.25, 0.3) is 0 Å². The van der Waals surface area contributed by atoms with Gasteiger partial charge in [-0.15, -0.1) is 0 Å². The lowest BCUT2D eigenvalue weighted by atomic mass is 9.87. The number of aromatic nitrogens is 2. The molecular weight excluding hydrogens is 519 g/mol. The minimum Gasteiger partial charge on any atom is -0.508 e. The van der Waals surface area contributed by atoms with Crippen molar-refractivity contribution in [2.75, 3.05) is 32.7 Å². The van der Waals surface area contributed by atoms with E-state index in [9.17, 15) is 19.4 Å². The summed E-state index contributed by atoms with van der Waals surface area (Å²) in [5.41, 5.74) is 4.45. The molecular formula is C33H43FN4O3. The maximum Gasteiger partial charge on any atom is 0.321 e. The highest BCUT2D eigenvalue weighted by Gasteiger charge is 2.41. The summed E-state index contributed by atoms with van der Waals surface area (Å²) < 4.78 is 16.3. The molecule has 2 aliphatic heterocycles. The Morgan fingerprint density at radius 1 is 1.07 bits per heavy atom. The smallest absolute Gasteiger partial charge is 0.321 e. The molecule has 0 amide bonds. The van der Waals surface area contributed by atoms with Gasteiger partial charge in [-0.3, -0.25) is 14.4 Å². The van der Waals surface area contributed by atoms with E-state index >= 15 is 0 Å². The molecule has 0 aliphatic carbocycles. The van der Waals surface area contributed by atoms with Crippen molar-refractivity contribution in [3.8, 4) is 5.75 Å². The average Bonchev–Trinajstić information content (AvgIpc) is 3.54. The molecule has 0 unspecified atom stereocenters. The second kappa shape index (κ2) is 12.7. The summed E-state index contributed by atoms with van der Waals surface area (Å²) in [7, 11) is 0. The number of halogens is 1. The van der Waals surface area contributed by atoms with Crippen molar-refractivity contribution >= 4 is 5.97 Å². The Kier molecular flexibility index (Phi) is 9.09. The number of aromatic hydroxyl groups is 1. The molecule has 41 heavy (non-hydrogen) atoms. The zero-order valence-corrected chi connectivity index (χ0v) is 24.4. The predicted octanol–water partition coefficient (Wildman–Crippen LogP) is 5.34. The summed E-state index contributed by atoms with van der Waals surface area (Å²) in [6.07, 6.45) is 2.84. The number of hydrogen-bond donors (Lipinski definition) is 2. The van der Waals surface area contributed by atoms with Gasteiger partial charge in [0.15, 0.2) is 0 Å². The van der Waals surface area contributed by atoms with Crippen molar-refractivity contribution in [3.63, 3.8) is 0 Å². The third-order valence-corrected chi connectivity index (χ3v) is 9.01. The molecule has 7 nitrogen and oxygen atoms in total. The van der Waals surface area contributed by atoms with Gasteiger partial charge >= 0.3 is 5.97 Å². The van der Waals surface area contributed by atoms with Crippen LogP contribution in [0.4, 0.5) is 4.39 Å². The van der Waals surface area contributed by atoms with E-state index in [1.54, 1.807) is 24.3 Å². The van der Waals surface area contributed by atoms with Crippen molar-refractivity contribution in [3.05, 3.63) is 82.9 Å². The molecule has 0 saturated carbocycles. The van der Waals surface area contributed by atoms with Gasteiger partial charge in [-0.25, -0.2) is 4.39 Å². The third kappa shape index (κ3) is 6.81. The van der Waals surface area contributed by atoms with Gasteiger partial charge < -0.3 is 15.1 Å². The van der Waals surface area contributed by atoms with Gasteiger partial charge in [0, 0.05) is 50.1 Å². The van der Waals surface area contributed by atoms with E-state index in [2.05, 4.69) is 27.5 Å². The molecule has 2 aromatic carbocycles. The van der Waals surface area contributed by atoms with E-state index in [-0.39, 0.29) is 29.3 Å². The number of carboxylic acid groups (broad SMARTS) is 1. The number of likely N-dealkylation sites (tertiary alicyclic amines) is 2. The molecule has 220 valence electrons. The molecule has 3 atom stereocenters. The van der Waals surface area contributed by atoms with Gasteiger partial charge in [-0.05, 0) is 86.1 Å². The van der Waals surface area contributed by atoms with Gasteiger partial charge in [0.1, 0.15) is 17.6 Å². The van der Waals surface area contributed by atoms with Crippen molar-refractivity contribution < 1.29 is 19.4 Å². The van der Waals surface area contributed by atoms with E-state index < -0.39 is 12.0 Å². The van der Waals surface area contributed by atoms with Gasteiger partial charge in [0.2, 0.25) is 0 Å². The van der Waals surface area contributed by atoms with Crippen LogP contribution in [0.5, 0.6) is 5.75 Å². The molecule has 8 heteroatoms. The Morgan fingerprint density at radius 3 is 2.44 bits per heavy atom. The van der Waals surface area contributed by atoms with Crippen LogP contribution in [0.25, 0.3) is 0 Å². The van der Waals surface area contributed by atoms with Crippen molar-refractivity contribution in [2.24, 2.45) is 11.8 Å². The maximum absolute atomic E-state index is 14.2. The lowest BCUT2D eigenvalue weighted by Gasteiger charge is -2.35. The Bertz CT molecular complexity index is 1320. The van der Waals surface area contributed by atoms with Crippen LogP contribution in [0, 0.1) is 17.7 Å². The Balaban J connectivity index is 1.25. The molecule has 2 aliphatic rings. The molecule has 1 aromatic heterocycles. The van der Waals surface area contributed by atoms with Crippen LogP contribution < -0.4 is 0 Å². The number of benzene rings is 2. The number of nitrogens with zero attached hydrogens (tertiary/aromatic N) is 4. The molecule has 2 fully saturated rings. The second-order valence-corrected chi connectivity index (χ2v) is 12.2. The average molecular weight is 563 g/mol. The predicted molar refractivity (Wildman–Crippen MR) is 158 cm³/mol. The van der Waals surface area contributed by atoms with Crippen LogP contribution in [0.1, 0.15) is 68.0 Å². The lowest BCUT2D eigenvalue weighted by Crippen LogP contribution is -2.44. The van der Waals surface area contributed by atoms with E-state index in [1.165, 1.54) is 11.8 Å². The Hall–Kier alpha value is -3.23. The number of hydrogen-bond acceptors (Lipinski definition) is 5. The van der Waals surface area contributed by atoms with Crippen LogP contribution in [0.2, 0.25) is 0 Å². The first kappa shape index (κ1) is 29.3. The normalized spacial score (nSPS) is 21.5. The first-order chi connectivity index (χ1) is 19.7. The van der Waals surface area contributed by atoms with Crippen molar-refractivity contribution in [2.45, 2.75) is 64.5 Å². The number of piperidine rings is 1. The molecule has 2 N–H and O–H groups in total. The van der Waals surface area contributed by atoms with Gasteiger partial charge in [-0.1, -0.05) is 38.1 Å². The fourth-order valence-electron chi connectivity index (χ4n) is 7.02. The molecule has 0 radical (unpaired) electrons. The number of carboxylic acids is 1. The van der Waals surface area contributed by atoms with Crippen LogP contribution in [0.3, 0.4) is 0 Å². The summed E-state index contributed by atoms with van der Waals surface area (Å²) in [6.45, 7) is 11.1. The van der Waals surface area contributed by atoms with Crippen LogP contribution in [-0.4, -0.2) is 74.5 Å². The maximum atomic E-state index is 14.2. The first-order valence-electron chi connectivity index (χ1n) is 15.0. The van der Waals surface area contributed by atoms with E-state index in [0.717, 1.165) is 62.3 Å². The summed E-state index contributed by atoms with van der Waals surface area (Å²) in [5.74, 6) is 0.0453. The highest BCUT2D eigenvalue weighted by atomic mass is 19.1. The first-order valence-corrected chi connectivity index (χ1v) is 15.0. The topological polar surface area (TPSA) is 81.8 Å². The minimum absolute atomic E-state index is 0.00231. The van der Waals surface area contributed by atoms with Crippen LogP contribution >= 0.6 is 0 Å². The summed E-state index contributed by atoms with van der Waals surface area (Å²) in [5, 5.41) is 24.4. The fourth-order valence-corrected chi connectivity index (χ4v) is 7.02. The number of phenols is 1. The molecule has 0 bridgehead atoms. The number of aryl methyl sites for hydroxylation is 1.